The van der Waals surface area contributed by atoms with Crippen LogP contribution in [0.5, 0.6) is 0 Å². The summed E-state index contributed by atoms with van der Waals surface area (Å²) in [6.45, 7) is 0. The van der Waals surface area contributed by atoms with Crippen LogP contribution in [0, 0.1) is 0 Å². The van der Waals surface area contributed by atoms with Crippen molar-refractivity contribution in [2.75, 3.05) is 23.9 Å². The number of benzene rings is 7. The molecule has 2 nitrogen and oxygen atoms in total. The number of anilines is 4. The van der Waals surface area contributed by atoms with E-state index in [4.69, 9.17) is 0 Å². The van der Waals surface area contributed by atoms with Crippen LogP contribution in [0.2, 0.25) is 0 Å². The Labute approximate surface area is 257 Å². The molecule has 0 bridgehead atoms. The van der Waals surface area contributed by atoms with Crippen molar-refractivity contribution in [3.05, 3.63) is 179 Å². The van der Waals surface area contributed by atoms with E-state index in [1.54, 1.807) is 0 Å². The fourth-order valence-corrected chi connectivity index (χ4v) is 9.46. The van der Waals surface area contributed by atoms with Crippen LogP contribution in [0.1, 0.15) is 33.4 Å². The molecule has 0 saturated carbocycles. The molecular formula is C42H30N2. The first kappa shape index (κ1) is 24.1. The first-order valence-corrected chi connectivity index (χ1v) is 15.5. The van der Waals surface area contributed by atoms with Crippen molar-refractivity contribution in [1.82, 2.24) is 0 Å². The van der Waals surface area contributed by atoms with Crippen LogP contribution in [0.3, 0.4) is 0 Å². The van der Waals surface area contributed by atoms with Crippen molar-refractivity contribution < 1.29 is 0 Å². The van der Waals surface area contributed by atoms with Gasteiger partial charge in [-0.15, -0.1) is 0 Å². The van der Waals surface area contributed by atoms with Gasteiger partial charge in [0, 0.05) is 36.8 Å². The van der Waals surface area contributed by atoms with Gasteiger partial charge in [0.25, 0.3) is 0 Å². The predicted octanol–water partition coefficient (Wildman–Crippen LogP) is 9.84. The Morgan fingerprint density at radius 2 is 0.614 bits per heavy atom. The Balaban J connectivity index is 1.60. The number of nitrogens with zero attached hydrogens (tertiary/aromatic N) is 2. The molecule has 0 fully saturated rings. The maximum atomic E-state index is 2.43. The lowest BCUT2D eigenvalue weighted by Crippen LogP contribution is -2.57. The van der Waals surface area contributed by atoms with Gasteiger partial charge < -0.3 is 9.80 Å². The molecule has 0 atom stereocenters. The standard InChI is InChI=1S/C42H30N2/c1-43-35-21-7-3-15-29(35)41(30-16-4-8-22-36(30)43)33-19-11-13-27-25-26-28-14-12-20-34(40(28)39(27)33)42(41)31-17-5-9-23-37(31)44(2)38-24-10-6-18-32(38)42/h3-26H,1-2H3. The van der Waals surface area contributed by atoms with E-state index in [0.29, 0.717) is 0 Å². The van der Waals surface area contributed by atoms with Crippen LogP contribution in [0.25, 0.3) is 21.5 Å². The third-order valence-electron chi connectivity index (χ3n) is 10.9. The molecule has 0 N–H and O–H groups in total. The average molecular weight is 563 g/mol. The Hall–Kier alpha value is -5.34. The van der Waals surface area contributed by atoms with Crippen molar-refractivity contribution in [2.24, 2.45) is 0 Å². The Bertz CT molecular complexity index is 2090. The molecule has 1 aliphatic carbocycles. The smallest absolute Gasteiger partial charge is 0.0678 e. The molecule has 2 heterocycles. The van der Waals surface area contributed by atoms with Crippen LogP contribution in [0.15, 0.2) is 146 Å². The molecule has 2 heteroatoms. The van der Waals surface area contributed by atoms with Gasteiger partial charge >= 0.3 is 0 Å². The summed E-state index contributed by atoms with van der Waals surface area (Å²) in [5.41, 5.74) is 12.0. The number of hydrogen-bond acceptors (Lipinski definition) is 2. The van der Waals surface area contributed by atoms with Crippen LogP contribution >= 0.6 is 0 Å². The normalized spacial score (nSPS) is 16.2. The minimum atomic E-state index is -0.567. The molecule has 0 radical (unpaired) electrons. The summed E-state index contributed by atoms with van der Waals surface area (Å²) in [5, 5.41) is 5.32. The summed E-state index contributed by atoms with van der Waals surface area (Å²) in [6, 6.07) is 55.3. The zero-order chi connectivity index (χ0) is 29.2. The predicted molar refractivity (Wildman–Crippen MR) is 183 cm³/mol. The zero-order valence-corrected chi connectivity index (χ0v) is 24.8. The molecule has 0 saturated heterocycles. The highest BCUT2D eigenvalue weighted by Crippen LogP contribution is 2.71. The number of hydrogen-bond donors (Lipinski definition) is 0. The maximum Gasteiger partial charge on any atom is 0.0678 e. The highest BCUT2D eigenvalue weighted by molar-refractivity contribution is 6.15. The van der Waals surface area contributed by atoms with Gasteiger partial charge in [0.2, 0.25) is 0 Å². The lowest BCUT2D eigenvalue weighted by Gasteiger charge is -2.61. The van der Waals surface area contributed by atoms with E-state index in [9.17, 15) is 0 Å². The molecule has 7 aromatic rings. The van der Waals surface area contributed by atoms with Gasteiger partial charge in [-0.1, -0.05) is 121 Å². The average Bonchev–Trinajstić information content (AvgIpc) is 3.09. The summed E-state index contributed by atoms with van der Waals surface area (Å²) in [4.78, 5) is 4.80. The van der Waals surface area contributed by atoms with Gasteiger partial charge in [-0.2, -0.15) is 0 Å². The second kappa shape index (κ2) is 8.18. The van der Waals surface area contributed by atoms with Crippen molar-refractivity contribution in [3.63, 3.8) is 0 Å². The monoisotopic (exact) mass is 562 g/mol. The minimum absolute atomic E-state index is 0.567. The van der Waals surface area contributed by atoms with Gasteiger partial charge in [0.1, 0.15) is 0 Å². The lowest BCUT2D eigenvalue weighted by atomic mass is 9.42. The SMILES string of the molecule is CN1c2ccccc2C2(c3ccccc31)c1cccc3ccc4cccc(c4c13)C21c2ccccc2N(C)c2ccccc21. The molecule has 10 rings (SSSR count). The first-order chi connectivity index (χ1) is 21.7. The number of fused-ring (bicyclic) bond motifs is 11. The molecule has 44 heavy (non-hydrogen) atoms. The fourth-order valence-electron chi connectivity index (χ4n) is 9.46. The summed E-state index contributed by atoms with van der Waals surface area (Å²) in [6.07, 6.45) is 0. The molecular weight excluding hydrogens is 532 g/mol. The zero-order valence-electron chi connectivity index (χ0n) is 24.8. The van der Waals surface area contributed by atoms with Crippen LogP contribution in [-0.4, -0.2) is 14.1 Å². The van der Waals surface area contributed by atoms with Crippen molar-refractivity contribution in [1.29, 1.82) is 0 Å². The van der Waals surface area contributed by atoms with E-state index in [1.807, 2.05) is 0 Å². The summed E-state index contributed by atoms with van der Waals surface area (Å²) in [7, 11) is 4.46. The molecule has 0 aromatic heterocycles. The maximum absolute atomic E-state index is 2.43. The minimum Gasteiger partial charge on any atom is -0.344 e. The highest BCUT2D eigenvalue weighted by atomic mass is 15.1. The Morgan fingerprint density at radius 3 is 0.955 bits per heavy atom. The molecule has 3 aliphatic rings. The quantitative estimate of drug-likeness (QED) is 0.170. The van der Waals surface area contributed by atoms with Crippen LogP contribution in [-0.2, 0) is 10.8 Å². The van der Waals surface area contributed by atoms with Gasteiger partial charge in [-0.3, -0.25) is 0 Å². The lowest BCUT2D eigenvalue weighted by molar-refractivity contribution is 0.415. The van der Waals surface area contributed by atoms with Crippen LogP contribution < -0.4 is 9.80 Å². The summed E-state index contributed by atoms with van der Waals surface area (Å²) in [5.74, 6) is 0. The van der Waals surface area contributed by atoms with E-state index in [0.717, 1.165) is 0 Å². The molecule has 7 aromatic carbocycles. The third-order valence-corrected chi connectivity index (χ3v) is 10.9. The highest BCUT2D eigenvalue weighted by Gasteiger charge is 2.65. The largest absolute Gasteiger partial charge is 0.344 e. The van der Waals surface area contributed by atoms with Crippen molar-refractivity contribution >= 4 is 44.3 Å². The fraction of sp³-hybridized carbons (Fsp3) is 0.0952. The molecule has 208 valence electrons. The second-order valence-corrected chi connectivity index (χ2v) is 12.6. The molecule has 2 spiro atoms. The van der Waals surface area contributed by atoms with Gasteiger partial charge in [0.05, 0.1) is 10.8 Å². The van der Waals surface area contributed by atoms with E-state index in [-0.39, 0.29) is 0 Å². The van der Waals surface area contributed by atoms with Gasteiger partial charge in [0.15, 0.2) is 0 Å². The third kappa shape index (κ3) is 2.50. The van der Waals surface area contributed by atoms with E-state index >= 15 is 0 Å². The number of rotatable bonds is 0. The van der Waals surface area contributed by atoms with Gasteiger partial charge in [-0.05, 0) is 79.2 Å². The van der Waals surface area contributed by atoms with E-state index in [2.05, 4.69) is 169 Å². The van der Waals surface area contributed by atoms with E-state index < -0.39 is 10.8 Å². The first-order valence-electron chi connectivity index (χ1n) is 15.5. The topological polar surface area (TPSA) is 6.48 Å². The molecule has 2 aliphatic heterocycles. The summed E-state index contributed by atoms with van der Waals surface area (Å²) < 4.78 is 0. The molecule has 0 unspecified atom stereocenters. The van der Waals surface area contributed by atoms with E-state index in [1.165, 1.54) is 77.7 Å². The Morgan fingerprint density at radius 1 is 0.318 bits per heavy atom. The molecule has 0 amide bonds. The van der Waals surface area contributed by atoms with Crippen molar-refractivity contribution in [2.45, 2.75) is 10.8 Å². The van der Waals surface area contributed by atoms with Crippen LogP contribution in [0.4, 0.5) is 22.7 Å². The second-order valence-electron chi connectivity index (χ2n) is 12.6. The van der Waals surface area contributed by atoms with Gasteiger partial charge in [-0.25, -0.2) is 0 Å². The van der Waals surface area contributed by atoms with Crippen molar-refractivity contribution in [3.8, 4) is 0 Å². The summed E-state index contributed by atoms with van der Waals surface area (Å²) >= 11 is 0. The Kier molecular flexibility index (Phi) is 4.49. The number of para-hydroxylation sites is 4.